The summed E-state index contributed by atoms with van der Waals surface area (Å²) < 4.78 is 40.0. The molecular formula is C14H17N7O6S. The Hall–Kier alpha value is -3.52. The number of esters is 1. The molecule has 1 heterocycles. The number of methoxy groups -OCH3 is 3. The number of rotatable bonds is 6. The average Bonchev–Trinajstić information content (AvgIpc) is 2.71. The second kappa shape index (κ2) is 8.45. The minimum Gasteiger partial charge on any atom is -0.467 e. The van der Waals surface area contributed by atoms with Crippen LogP contribution in [-0.2, 0) is 14.8 Å². The van der Waals surface area contributed by atoms with Crippen LogP contribution < -0.4 is 21.1 Å². The fourth-order valence-corrected chi connectivity index (χ4v) is 3.09. The molecule has 0 bridgehead atoms. The first-order valence-corrected chi connectivity index (χ1v) is 8.84. The molecule has 0 spiro atoms. The van der Waals surface area contributed by atoms with Gasteiger partial charge in [-0.05, 0) is 12.1 Å². The molecule has 0 aliphatic carbocycles. The van der Waals surface area contributed by atoms with E-state index in [0.29, 0.717) is 0 Å². The molecule has 0 aliphatic heterocycles. The highest BCUT2D eigenvalue weighted by Crippen LogP contribution is 2.20. The van der Waals surface area contributed by atoms with Gasteiger partial charge in [0.2, 0.25) is 5.96 Å². The van der Waals surface area contributed by atoms with Crippen LogP contribution in [0, 0.1) is 0 Å². The Morgan fingerprint density at radius 1 is 1.07 bits per heavy atom. The molecule has 1 aromatic carbocycles. The van der Waals surface area contributed by atoms with Crippen molar-refractivity contribution in [2.75, 3.05) is 21.3 Å². The summed E-state index contributed by atoms with van der Waals surface area (Å²) in [6, 6.07) is 5.03. The minimum absolute atomic E-state index is 0.138. The van der Waals surface area contributed by atoms with E-state index in [1.54, 1.807) is 0 Å². The average molecular weight is 411 g/mol. The van der Waals surface area contributed by atoms with Gasteiger partial charge in [-0.3, -0.25) is 0 Å². The van der Waals surface area contributed by atoms with E-state index in [0.717, 1.165) is 7.11 Å². The Morgan fingerprint density at radius 3 is 2.18 bits per heavy atom. The molecule has 0 amide bonds. The number of hydrazine groups is 1. The zero-order valence-electron chi connectivity index (χ0n) is 15.1. The van der Waals surface area contributed by atoms with Gasteiger partial charge in [0.05, 0.1) is 26.9 Å². The highest BCUT2D eigenvalue weighted by Gasteiger charge is 2.29. The maximum Gasteiger partial charge on any atom is 0.339 e. The van der Waals surface area contributed by atoms with Crippen LogP contribution in [0.4, 0.5) is 5.95 Å². The number of nitrogens with zero attached hydrogens (tertiary/aromatic N) is 5. The number of nitrogens with two attached hydrogens (primary N) is 2. The molecule has 1 aromatic heterocycles. The van der Waals surface area contributed by atoms with Gasteiger partial charge in [-0.1, -0.05) is 12.1 Å². The predicted octanol–water partition coefficient (Wildman–Crippen LogP) is -0.814. The molecule has 0 saturated heterocycles. The summed E-state index contributed by atoms with van der Waals surface area (Å²) in [5, 5.41) is 0. The second-order valence-corrected chi connectivity index (χ2v) is 6.65. The lowest BCUT2D eigenvalue weighted by atomic mass is 10.2. The van der Waals surface area contributed by atoms with Gasteiger partial charge >= 0.3 is 18.0 Å². The first-order chi connectivity index (χ1) is 13.2. The van der Waals surface area contributed by atoms with Crippen molar-refractivity contribution in [1.82, 2.24) is 19.4 Å². The smallest absolute Gasteiger partial charge is 0.339 e. The van der Waals surface area contributed by atoms with Gasteiger partial charge in [-0.15, -0.1) is 4.98 Å². The van der Waals surface area contributed by atoms with Crippen molar-refractivity contribution in [3.05, 3.63) is 29.8 Å². The van der Waals surface area contributed by atoms with Gasteiger partial charge in [0.15, 0.2) is 0 Å². The predicted molar refractivity (Wildman–Crippen MR) is 95.2 cm³/mol. The van der Waals surface area contributed by atoms with Crippen LogP contribution >= 0.6 is 0 Å². The molecule has 0 radical (unpaired) electrons. The lowest BCUT2D eigenvalue weighted by Gasteiger charge is -2.18. The fraction of sp³-hybridized carbons (Fsp3) is 0.214. The Balaban J connectivity index is 2.46. The number of sulfonamides is 1. The molecule has 0 aliphatic rings. The van der Waals surface area contributed by atoms with Crippen molar-refractivity contribution < 1.29 is 27.4 Å². The third kappa shape index (κ3) is 4.24. The zero-order valence-corrected chi connectivity index (χ0v) is 15.9. The molecule has 2 rings (SSSR count). The summed E-state index contributed by atoms with van der Waals surface area (Å²) >= 11 is 0. The fourth-order valence-electron chi connectivity index (χ4n) is 1.91. The lowest BCUT2D eigenvalue weighted by molar-refractivity contribution is 0.0596. The van der Waals surface area contributed by atoms with Gasteiger partial charge in [0.1, 0.15) is 4.90 Å². The number of carbonyl (C=O) groups is 1. The van der Waals surface area contributed by atoms with E-state index in [1.165, 1.54) is 38.5 Å². The third-order valence-corrected chi connectivity index (χ3v) is 4.83. The molecule has 0 fully saturated rings. The van der Waals surface area contributed by atoms with Gasteiger partial charge in [-0.25, -0.2) is 10.6 Å². The van der Waals surface area contributed by atoms with Gasteiger partial charge < -0.3 is 19.9 Å². The maximum atomic E-state index is 12.8. The van der Waals surface area contributed by atoms with E-state index in [1.807, 2.05) is 0 Å². The summed E-state index contributed by atoms with van der Waals surface area (Å²) in [5.41, 5.74) is 5.46. The maximum absolute atomic E-state index is 12.8. The highest BCUT2D eigenvalue weighted by atomic mass is 32.2. The van der Waals surface area contributed by atoms with Gasteiger partial charge in [-0.2, -0.15) is 27.8 Å². The normalized spacial score (nSPS) is 11.6. The number of aliphatic imine (C=N–C) groups is 1. The monoisotopic (exact) mass is 411 g/mol. The van der Waals surface area contributed by atoms with Crippen molar-refractivity contribution in [2.24, 2.45) is 16.6 Å². The zero-order chi connectivity index (χ0) is 20.9. The van der Waals surface area contributed by atoms with Crippen LogP contribution in [0.15, 0.2) is 34.2 Å². The molecule has 0 saturated carbocycles. The van der Waals surface area contributed by atoms with Crippen molar-refractivity contribution in [3.63, 3.8) is 0 Å². The Morgan fingerprint density at radius 2 is 1.64 bits per heavy atom. The molecule has 2 aromatic rings. The van der Waals surface area contributed by atoms with Crippen LogP contribution in [0.5, 0.6) is 12.0 Å². The third-order valence-electron chi connectivity index (χ3n) is 3.22. The Kier molecular flexibility index (Phi) is 6.27. The van der Waals surface area contributed by atoms with E-state index in [2.05, 4.69) is 24.7 Å². The standard InChI is InChI=1S/C14H17N7O6S/c1-25-10(22)8-6-4-5-7-9(8)28(23,24)21(16)11(15)17-12-18-13(26-2)20-14(19-12)27-3/h4-7H,16H2,1-3H3,(H2,15,17,18,19,20). The Bertz CT molecular complexity index is 989. The summed E-state index contributed by atoms with van der Waals surface area (Å²) in [7, 11) is -0.739. The number of ether oxygens (including phenoxy) is 3. The molecule has 14 heteroatoms. The summed E-state index contributed by atoms with van der Waals surface area (Å²) in [5.74, 6) is 3.77. The quantitative estimate of drug-likeness (QED) is 0.199. The largest absolute Gasteiger partial charge is 0.467 e. The van der Waals surface area contributed by atoms with Crippen molar-refractivity contribution in [3.8, 4) is 12.0 Å². The van der Waals surface area contributed by atoms with E-state index in [4.69, 9.17) is 21.1 Å². The van der Waals surface area contributed by atoms with Crippen LogP contribution in [0.25, 0.3) is 0 Å². The molecular weight excluding hydrogens is 394 g/mol. The first-order valence-electron chi connectivity index (χ1n) is 7.40. The van der Waals surface area contributed by atoms with E-state index in [-0.39, 0.29) is 27.9 Å². The summed E-state index contributed by atoms with van der Waals surface area (Å²) in [6.07, 6.45) is 0. The topological polar surface area (TPSA) is 185 Å². The summed E-state index contributed by atoms with van der Waals surface area (Å²) in [4.78, 5) is 26.5. The number of benzene rings is 1. The Labute approximate surface area is 160 Å². The van der Waals surface area contributed by atoms with Crippen molar-refractivity contribution in [2.45, 2.75) is 4.90 Å². The SMILES string of the molecule is COC(=O)c1ccccc1S(=O)(=O)N(N)C(N)=Nc1nc(OC)nc(OC)n1. The number of hydrogen-bond acceptors (Lipinski definition) is 11. The molecule has 4 N–H and O–H groups in total. The number of hydrogen-bond donors (Lipinski definition) is 2. The van der Waals surface area contributed by atoms with Crippen LogP contribution in [0.3, 0.4) is 0 Å². The first kappa shape index (κ1) is 20.8. The van der Waals surface area contributed by atoms with Crippen LogP contribution in [-0.4, -0.2) is 61.0 Å². The molecule has 28 heavy (non-hydrogen) atoms. The second-order valence-electron chi connectivity index (χ2n) is 4.87. The lowest BCUT2D eigenvalue weighted by Crippen LogP contribution is -2.47. The van der Waals surface area contributed by atoms with E-state index < -0.39 is 26.8 Å². The van der Waals surface area contributed by atoms with Gasteiger partial charge in [0, 0.05) is 0 Å². The van der Waals surface area contributed by atoms with E-state index >= 15 is 0 Å². The molecule has 13 nitrogen and oxygen atoms in total. The molecule has 150 valence electrons. The summed E-state index contributed by atoms with van der Waals surface area (Å²) in [6.45, 7) is 0. The minimum atomic E-state index is -4.45. The van der Waals surface area contributed by atoms with Crippen LogP contribution in [0.1, 0.15) is 10.4 Å². The van der Waals surface area contributed by atoms with Crippen LogP contribution in [0.2, 0.25) is 0 Å². The van der Waals surface area contributed by atoms with E-state index in [9.17, 15) is 13.2 Å². The van der Waals surface area contributed by atoms with Gasteiger partial charge in [0.25, 0.3) is 16.0 Å². The molecule has 0 atom stereocenters. The van der Waals surface area contributed by atoms with Crippen molar-refractivity contribution in [1.29, 1.82) is 0 Å². The number of aromatic nitrogens is 3. The highest BCUT2D eigenvalue weighted by molar-refractivity contribution is 7.89. The van der Waals surface area contributed by atoms with Crippen molar-refractivity contribution >= 4 is 27.9 Å². The number of carbonyl (C=O) groups excluding carboxylic acids is 1. The number of guanidine groups is 1. The molecule has 0 unspecified atom stereocenters.